The molecule has 0 aliphatic rings. The lowest BCUT2D eigenvalue weighted by Gasteiger charge is -2.39. The van der Waals surface area contributed by atoms with E-state index in [0.717, 1.165) is 23.3 Å². The van der Waals surface area contributed by atoms with Crippen LogP contribution < -0.4 is 4.74 Å². The van der Waals surface area contributed by atoms with Gasteiger partial charge in [0.25, 0.3) is 0 Å². The third kappa shape index (κ3) is 4.99. The first kappa shape index (κ1) is 21.4. The lowest BCUT2D eigenvalue weighted by Crippen LogP contribution is -2.43. The van der Waals surface area contributed by atoms with Crippen molar-refractivity contribution in [2.75, 3.05) is 27.7 Å². The topological polar surface area (TPSA) is 32.7 Å². The van der Waals surface area contributed by atoms with Crippen LogP contribution in [0.15, 0.2) is 78.9 Å². The Morgan fingerprint density at radius 1 is 0.931 bits per heavy atom. The average molecular weight is 410 g/mol. The van der Waals surface area contributed by atoms with E-state index < -0.39 is 5.60 Å². The van der Waals surface area contributed by atoms with E-state index in [-0.39, 0.29) is 5.92 Å². The van der Waals surface area contributed by atoms with Gasteiger partial charge in [0.2, 0.25) is 0 Å². The molecule has 2 unspecified atom stereocenters. The third-order valence-corrected chi connectivity index (χ3v) is 5.55. The minimum atomic E-state index is -1.21. The zero-order chi connectivity index (χ0) is 20.9. The highest BCUT2D eigenvalue weighted by Gasteiger charge is 2.40. The first-order valence-corrected chi connectivity index (χ1v) is 10.1. The van der Waals surface area contributed by atoms with Crippen LogP contribution in [0.5, 0.6) is 5.75 Å². The summed E-state index contributed by atoms with van der Waals surface area (Å²) in [6, 6.07) is 25.5. The number of aliphatic hydroxyl groups is 1. The van der Waals surface area contributed by atoms with Crippen molar-refractivity contribution < 1.29 is 9.84 Å². The SMILES string of the molecule is COc1cccc(C(O)(c2ccc(Cl)cc2)C(Cc2ccccc2)CN(C)C)c1. The number of methoxy groups -OCH3 is 1. The maximum Gasteiger partial charge on any atom is 0.119 e. The molecule has 3 nitrogen and oxygen atoms in total. The largest absolute Gasteiger partial charge is 0.497 e. The Bertz CT molecular complexity index is 912. The first-order chi connectivity index (χ1) is 13.9. The van der Waals surface area contributed by atoms with Gasteiger partial charge in [-0.3, -0.25) is 0 Å². The lowest BCUT2D eigenvalue weighted by atomic mass is 9.73. The summed E-state index contributed by atoms with van der Waals surface area (Å²) in [7, 11) is 5.71. The molecule has 3 aromatic rings. The molecule has 0 aromatic heterocycles. The molecule has 3 rings (SSSR count). The van der Waals surface area contributed by atoms with E-state index in [1.807, 2.05) is 80.8 Å². The van der Waals surface area contributed by atoms with Gasteiger partial charge >= 0.3 is 0 Å². The fourth-order valence-electron chi connectivity index (χ4n) is 3.89. The summed E-state index contributed by atoms with van der Waals surface area (Å²) >= 11 is 6.14. The van der Waals surface area contributed by atoms with Gasteiger partial charge in [0.15, 0.2) is 0 Å². The van der Waals surface area contributed by atoms with Gasteiger partial charge in [0.05, 0.1) is 7.11 Å². The van der Waals surface area contributed by atoms with Crippen LogP contribution in [0.3, 0.4) is 0 Å². The summed E-state index contributed by atoms with van der Waals surface area (Å²) in [6.07, 6.45) is 0.732. The molecule has 3 aromatic carbocycles. The van der Waals surface area contributed by atoms with Crippen LogP contribution in [0.1, 0.15) is 16.7 Å². The molecule has 0 saturated carbocycles. The van der Waals surface area contributed by atoms with Crippen molar-refractivity contribution in [1.29, 1.82) is 0 Å². The molecule has 0 amide bonds. The molecule has 0 fully saturated rings. The van der Waals surface area contributed by atoms with Crippen LogP contribution in [0.2, 0.25) is 5.02 Å². The Labute approximate surface area is 178 Å². The number of hydrogen-bond acceptors (Lipinski definition) is 3. The van der Waals surface area contributed by atoms with E-state index in [4.69, 9.17) is 16.3 Å². The zero-order valence-corrected chi connectivity index (χ0v) is 17.9. The summed E-state index contributed by atoms with van der Waals surface area (Å²) in [6.45, 7) is 0.714. The predicted octanol–water partition coefficient (Wildman–Crippen LogP) is 5.01. The molecule has 4 heteroatoms. The Kier molecular flexibility index (Phi) is 6.96. The van der Waals surface area contributed by atoms with E-state index in [0.29, 0.717) is 11.6 Å². The van der Waals surface area contributed by atoms with Gasteiger partial charge in [-0.05, 0) is 61.5 Å². The predicted molar refractivity (Wildman–Crippen MR) is 120 cm³/mol. The number of nitrogens with zero attached hydrogens (tertiary/aromatic N) is 1. The van der Waals surface area contributed by atoms with Gasteiger partial charge in [-0.25, -0.2) is 0 Å². The van der Waals surface area contributed by atoms with Crippen molar-refractivity contribution in [3.63, 3.8) is 0 Å². The Morgan fingerprint density at radius 2 is 1.62 bits per heavy atom. The summed E-state index contributed by atoms with van der Waals surface area (Å²) in [5, 5.41) is 13.0. The third-order valence-electron chi connectivity index (χ3n) is 5.30. The molecule has 152 valence electrons. The maximum absolute atomic E-state index is 12.3. The summed E-state index contributed by atoms with van der Waals surface area (Å²) < 4.78 is 5.44. The van der Waals surface area contributed by atoms with Gasteiger partial charge < -0.3 is 14.7 Å². The minimum absolute atomic E-state index is 0.0896. The quantitative estimate of drug-likeness (QED) is 0.568. The van der Waals surface area contributed by atoms with E-state index in [2.05, 4.69) is 17.0 Å². The second-order valence-corrected chi connectivity index (χ2v) is 8.09. The summed E-state index contributed by atoms with van der Waals surface area (Å²) in [4.78, 5) is 2.12. The maximum atomic E-state index is 12.3. The fraction of sp³-hybridized carbons (Fsp3) is 0.280. The molecule has 0 aliphatic carbocycles. The van der Waals surface area contributed by atoms with Crippen molar-refractivity contribution in [3.8, 4) is 5.75 Å². The Morgan fingerprint density at radius 3 is 2.24 bits per heavy atom. The van der Waals surface area contributed by atoms with Crippen LogP contribution >= 0.6 is 11.6 Å². The number of hydrogen-bond donors (Lipinski definition) is 1. The zero-order valence-electron chi connectivity index (χ0n) is 17.2. The average Bonchev–Trinajstić information content (AvgIpc) is 2.73. The highest BCUT2D eigenvalue weighted by atomic mass is 35.5. The smallest absolute Gasteiger partial charge is 0.119 e. The molecule has 0 aliphatic heterocycles. The van der Waals surface area contributed by atoms with Crippen molar-refractivity contribution in [2.24, 2.45) is 5.92 Å². The van der Waals surface area contributed by atoms with Crippen LogP contribution in [0, 0.1) is 5.92 Å². The monoisotopic (exact) mass is 409 g/mol. The molecule has 0 saturated heterocycles. The van der Waals surface area contributed by atoms with Crippen LogP contribution in [0.4, 0.5) is 0 Å². The molecule has 29 heavy (non-hydrogen) atoms. The van der Waals surface area contributed by atoms with Gasteiger partial charge in [-0.2, -0.15) is 0 Å². The second kappa shape index (κ2) is 9.45. The van der Waals surface area contributed by atoms with E-state index >= 15 is 0 Å². The molecule has 1 N–H and O–H groups in total. The van der Waals surface area contributed by atoms with Gasteiger partial charge in [-0.15, -0.1) is 0 Å². The number of ether oxygens (including phenoxy) is 1. The van der Waals surface area contributed by atoms with Crippen molar-refractivity contribution in [2.45, 2.75) is 12.0 Å². The lowest BCUT2D eigenvalue weighted by molar-refractivity contribution is 0.00494. The highest BCUT2D eigenvalue weighted by Crippen LogP contribution is 2.40. The number of halogens is 1. The summed E-state index contributed by atoms with van der Waals surface area (Å²) in [5.41, 5.74) is 1.61. The van der Waals surface area contributed by atoms with E-state index in [1.165, 1.54) is 5.56 Å². The van der Waals surface area contributed by atoms with Crippen molar-refractivity contribution in [1.82, 2.24) is 4.90 Å². The van der Waals surface area contributed by atoms with Gasteiger partial charge in [0, 0.05) is 17.5 Å². The molecule has 0 spiro atoms. The molecule has 0 heterocycles. The van der Waals surface area contributed by atoms with Crippen LogP contribution in [-0.4, -0.2) is 37.8 Å². The van der Waals surface area contributed by atoms with Crippen LogP contribution in [0.25, 0.3) is 0 Å². The standard InChI is InChI=1S/C25H28ClNO2/c1-27(2)18-22(16-19-8-5-4-6-9-19)25(28,20-12-14-23(26)15-13-20)21-10-7-11-24(17-21)29-3/h4-15,17,22,28H,16,18H2,1-3H3. The Hall–Kier alpha value is -2.33. The normalized spacial score (nSPS) is 14.4. The Balaban J connectivity index is 2.15. The second-order valence-electron chi connectivity index (χ2n) is 7.65. The number of benzene rings is 3. The van der Waals surface area contributed by atoms with E-state index in [1.54, 1.807) is 7.11 Å². The highest BCUT2D eigenvalue weighted by molar-refractivity contribution is 6.30. The molecule has 2 atom stereocenters. The molecule has 0 bridgehead atoms. The van der Waals surface area contributed by atoms with Gasteiger partial charge in [0.1, 0.15) is 11.4 Å². The van der Waals surface area contributed by atoms with Crippen molar-refractivity contribution >= 4 is 11.6 Å². The molecular formula is C25H28ClNO2. The first-order valence-electron chi connectivity index (χ1n) is 9.75. The van der Waals surface area contributed by atoms with Gasteiger partial charge in [-0.1, -0.05) is 66.2 Å². The molecular weight excluding hydrogens is 382 g/mol. The van der Waals surface area contributed by atoms with Crippen LogP contribution in [-0.2, 0) is 12.0 Å². The van der Waals surface area contributed by atoms with Crippen molar-refractivity contribution in [3.05, 3.63) is 101 Å². The van der Waals surface area contributed by atoms with E-state index in [9.17, 15) is 5.11 Å². The molecule has 0 radical (unpaired) electrons. The fourth-order valence-corrected chi connectivity index (χ4v) is 4.01. The number of rotatable bonds is 8. The minimum Gasteiger partial charge on any atom is -0.497 e. The summed E-state index contributed by atoms with van der Waals surface area (Å²) in [5.74, 6) is 0.631.